The number of nitrogens with zero attached hydrogens (tertiary/aromatic N) is 4. The second kappa shape index (κ2) is 18.3. The van der Waals surface area contributed by atoms with Crippen molar-refractivity contribution in [2.24, 2.45) is 0 Å². The van der Waals surface area contributed by atoms with Crippen LogP contribution in [-0.4, -0.2) is 0 Å². The first-order valence-electron chi connectivity index (χ1n) is 26.6. The van der Waals surface area contributed by atoms with Crippen LogP contribution >= 0.6 is 0 Å². The number of nitriles is 1. The van der Waals surface area contributed by atoms with Gasteiger partial charge in [0.2, 0.25) is 0 Å². The second-order valence-corrected chi connectivity index (χ2v) is 20.9. The molecule has 0 unspecified atom stereocenters. The van der Waals surface area contributed by atoms with E-state index in [9.17, 15) is 5.26 Å². The molecule has 0 aliphatic carbocycles. The third-order valence-corrected chi connectivity index (χ3v) is 15.8. The van der Waals surface area contributed by atoms with Gasteiger partial charge in [0.05, 0.1) is 52.3 Å². The fourth-order valence-electron chi connectivity index (χ4n) is 12.2. The normalized spacial score (nSPS) is 11.8. The number of hydrogen-bond acceptors (Lipinski definition) is 5. The van der Waals surface area contributed by atoms with Crippen LogP contribution in [0.5, 0.6) is 0 Å². The standard InChI is InChI=1S/C72H50N4O2/c1-43(2)57-40-65(75(61-36-30-45(42-73)38-59(61)46-18-8-6-9-19-46)63-26-16-24-53-49-22-12-14-28-67(49)77-71(53)63)55-34-32-52-58(44(3)4)41-66(56-35-33-51(57)69(55)70(52)56)76(62-37-31-48(74-5)39-60(62)47-20-10-7-11-21-47)64-27-17-25-54-50-23-13-15-29-68(50)78-72(54)64/h6-41,43-44H,1-4H3. The van der Waals surface area contributed by atoms with Crippen molar-refractivity contribution in [3.8, 4) is 28.3 Å². The van der Waals surface area contributed by atoms with Crippen LogP contribution in [-0.2, 0) is 0 Å². The fourth-order valence-corrected chi connectivity index (χ4v) is 12.2. The SMILES string of the molecule is [C-]#[N+]c1ccc(N(c2cc(C(C)C)c3ccc4c(N(c5ccc(C#N)cc5-c5ccccc5)c5cccc6c5oc5ccccc56)cc(C(C)C)c5ccc2c3c54)c2cccc3c2oc2ccccc23)c(-c2ccccc2)c1. The van der Waals surface area contributed by atoms with Gasteiger partial charge in [0.1, 0.15) is 11.2 Å². The summed E-state index contributed by atoms with van der Waals surface area (Å²) >= 11 is 0. The van der Waals surface area contributed by atoms with Crippen LogP contribution < -0.4 is 9.80 Å². The lowest BCUT2D eigenvalue weighted by molar-refractivity contribution is 0.669. The van der Waals surface area contributed by atoms with Gasteiger partial charge in [0.15, 0.2) is 16.9 Å². The Bertz CT molecular complexity index is 4480. The zero-order valence-electron chi connectivity index (χ0n) is 43.5. The van der Waals surface area contributed by atoms with Gasteiger partial charge in [0.25, 0.3) is 0 Å². The van der Waals surface area contributed by atoms with Gasteiger partial charge in [-0.2, -0.15) is 5.26 Å². The van der Waals surface area contributed by atoms with Crippen LogP contribution in [0.3, 0.4) is 0 Å². The number of fused-ring (bicyclic) bond motifs is 6. The van der Waals surface area contributed by atoms with Crippen LogP contribution in [0.2, 0.25) is 0 Å². The van der Waals surface area contributed by atoms with Crippen LogP contribution in [0.15, 0.2) is 227 Å². The minimum absolute atomic E-state index is 0.132. The lowest BCUT2D eigenvalue weighted by Gasteiger charge is -2.33. The van der Waals surface area contributed by atoms with Gasteiger partial charge >= 0.3 is 0 Å². The highest BCUT2D eigenvalue weighted by Gasteiger charge is 2.30. The second-order valence-electron chi connectivity index (χ2n) is 20.9. The summed E-state index contributed by atoms with van der Waals surface area (Å²) < 4.78 is 13.9. The minimum Gasteiger partial charge on any atom is -0.454 e. The highest BCUT2D eigenvalue weighted by Crippen LogP contribution is 2.55. The predicted molar refractivity (Wildman–Crippen MR) is 324 cm³/mol. The van der Waals surface area contributed by atoms with Crippen molar-refractivity contribution in [2.75, 3.05) is 9.80 Å². The van der Waals surface area contributed by atoms with E-state index < -0.39 is 0 Å². The van der Waals surface area contributed by atoms with E-state index in [0.717, 1.165) is 111 Å². The molecule has 0 fully saturated rings. The molecule has 0 amide bonds. The van der Waals surface area contributed by atoms with E-state index in [0.29, 0.717) is 11.3 Å². The summed E-state index contributed by atoms with van der Waals surface area (Å²) in [5.41, 5.74) is 16.2. The predicted octanol–water partition coefficient (Wildman–Crippen LogP) is 21.3. The first-order valence-corrected chi connectivity index (χ1v) is 26.6. The lowest BCUT2D eigenvalue weighted by atomic mass is 9.83. The molecule has 370 valence electrons. The average molecular weight is 1000 g/mol. The Morgan fingerprint density at radius 2 is 0.833 bits per heavy atom. The van der Waals surface area contributed by atoms with Crippen LogP contribution in [0, 0.1) is 17.9 Å². The topological polar surface area (TPSA) is 60.9 Å². The van der Waals surface area contributed by atoms with E-state index >= 15 is 0 Å². The van der Waals surface area contributed by atoms with Crippen LogP contribution in [0.4, 0.5) is 39.8 Å². The monoisotopic (exact) mass is 1000 g/mol. The van der Waals surface area contributed by atoms with Crippen molar-refractivity contribution >= 4 is 116 Å². The minimum atomic E-state index is 0.132. The summed E-state index contributed by atoms with van der Waals surface area (Å²) in [5, 5.41) is 21.5. The molecule has 0 saturated heterocycles. The molecule has 12 aromatic carbocycles. The Hall–Kier alpha value is -10.1. The summed E-state index contributed by atoms with van der Waals surface area (Å²) in [6.07, 6.45) is 0. The fraction of sp³-hybridized carbons (Fsp3) is 0.0833. The lowest BCUT2D eigenvalue weighted by Crippen LogP contribution is -2.14. The zero-order chi connectivity index (χ0) is 52.8. The van der Waals surface area contributed by atoms with Gasteiger partial charge in [-0.15, -0.1) is 0 Å². The van der Waals surface area contributed by atoms with Crippen molar-refractivity contribution in [1.82, 2.24) is 0 Å². The number of benzene rings is 12. The number of anilines is 6. The van der Waals surface area contributed by atoms with E-state index in [4.69, 9.17) is 15.4 Å². The Kier molecular flexibility index (Phi) is 10.9. The molecule has 0 atom stereocenters. The third-order valence-electron chi connectivity index (χ3n) is 15.8. The Balaban J connectivity index is 1.14. The van der Waals surface area contributed by atoms with Crippen molar-refractivity contribution in [2.45, 2.75) is 39.5 Å². The molecule has 0 spiro atoms. The molecular formula is C72H50N4O2. The van der Waals surface area contributed by atoms with Gasteiger partial charge in [-0.3, -0.25) is 0 Å². The molecule has 0 radical (unpaired) electrons. The maximum absolute atomic E-state index is 10.4. The largest absolute Gasteiger partial charge is 0.454 e. The van der Waals surface area contributed by atoms with Crippen LogP contribution in [0.1, 0.15) is 56.2 Å². The van der Waals surface area contributed by atoms with E-state index in [2.05, 4.69) is 206 Å². The highest BCUT2D eigenvalue weighted by atomic mass is 16.3. The van der Waals surface area contributed by atoms with Crippen molar-refractivity contribution in [3.05, 3.63) is 246 Å². The maximum Gasteiger partial charge on any atom is 0.188 e. The van der Waals surface area contributed by atoms with Crippen molar-refractivity contribution in [1.29, 1.82) is 5.26 Å². The number of furan rings is 2. The zero-order valence-corrected chi connectivity index (χ0v) is 43.5. The summed E-state index contributed by atoms with van der Waals surface area (Å²) in [5.74, 6) is 0.265. The molecule has 0 saturated carbocycles. The Labute approximate surface area is 452 Å². The van der Waals surface area contributed by atoms with Gasteiger partial charge in [-0.25, -0.2) is 4.85 Å². The molecule has 14 aromatic rings. The first-order chi connectivity index (χ1) is 38.3. The molecule has 2 heterocycles. The summed E-state index contributed by atoms with van der Waals surface area (Å²) in [6, 6.07) is 78.9. The van der Waals surface area contributed by atoms with Crippen molar-refractivity contribution < 1.29 is 8.83 Å². The molecular weight excluding hydrogens is 953 g/mol. The molecule has 0 aliphatic heterocycles. The third kappa shape index (κ3) is 7.22. The molecule has 0 N–H and O–H groups in total. The van der Waals surface area contributed by atoms with Gasteiger partial charge in [-0.1, -0.05) is 179 Å². The summed E-state index contributed by atoms with van der Waals surface area (Å²) in [6.45, 7) is 17.4. The van der Waals surface area contributed by atoms with Gasteiger partial charge < -0.3 is 18.6 Å². The molecule has 78 heavy (non-hydrogen) atoms. The molecule has 2 aromatic heterocycles. The smallest absolute Gasteiger partial charge is 0.188 e. The maximum atomic E-state index is 10.4. The van der Waals surface area contributed by atoms with Gasteiger partial charge in [-0.05, 0) is 128 Å². The molecule has 6 heteroatoms. The van der Waals surface area contributed by atoms with Crippen LogP contribution in [0.25, 0.3) is 103 Å². The first kappa shape index (κ1) is 46.4. The number of rotatable bonds is 10. The molecule has 6 nitrogen and oxygen atoms in total. The Morgan fingerprint density at radius 3 is 1.31 bits per heavy atom. The Morgan fingerprint density at radius 1 is 0.397 bits per heavy atom. The molecule has 0 bridgehead atoms. The quantitative estimate of drug-likeness (QED) is 0.101. The van der Waals surface area contributed by atoms with E-state index in [-0.39, 0.29) is 11.8 Å². The van der Waals surface area contributed by atoms with Gasteiger partial charge in [0, 0.05) is 37.9 Å². The molecule has 14 rings (SSSR count). The number of hydrogen-bond donors (Lipinski definition) is 0. The van der Waals surface area contributed by atoms with E-state index in [1.165, 1.54) is 32.7 Å². The van der Waals surface area contributed by atoms with Crippen molar-refractivity contribution in [3.63, 3.8) is 0 Å². The number of para-hydroxylation sites is 4. The highest BCUT2D eigenvalue weighted by molar-refractivity contribution is 6.30. The average Bonchev–Trinajstić information content (AvgIpc) is 4.15. The summed E-state index contributed by atoms with van der Waals surface area (Å²) in [4.78, 5) is 8.73. The molecule has 0 aliphatic rings. The van der Waals surface area contributed by atoms with E-state index in [1.807, 2.05) is 60.7 Å². The summed E-state index contributed by atoms with van der Waals surface area (Å²) in [7, 11) is 0. The van der Waals surface area contributed by atoms with E-state index in [1.54, 1.807) is 0 Å².